The third kappa shape index (κ3) is 1.95. The molecule has 0 spiro atoms. The Bertz CT molecular complexity index is 390. The van der Waals surface area contributed by atoms with Gasteiger partial charge in [-0.2, -0.15) is 0 Å². The number of hydrogen-bond acceptors (Lipinski definition) is 2. The molecule has 2 fully saturated rings. The molecule has 0 aromatic heterocycles. The van der Waals surface area contributed by atoms with Crippen LogP contribution in [0.5, 0.6) is 5.75 Å². The van der Waals surface area contributed by atoms with Gasteiger partial charge in [0.15, 0.2) is 0 Å². The van der Waals surface area contributed by atoms with E-state index in [1.54, 1.807) is 7.11 Å². The van der Waals surface area contributed by atoms with Crippen LogP contribution in [-0.4, -0.2) is 24.6 Å². The largest absolute Gasteiger partial charge is 0.496 e. The second-order valence-corrected chi connectivity index (χ2v) is 5.22. The van der Waals surface area contributed by atoms with Crippen molar-refractivity contribution in [2.45, 2.75) is 44.2 Å². The molecule has 0 saturated carbocycles. The molecule has 17 heavy (non-hydrogen) atoms. The summed E-state index contributed by atoms with van der Waals surface area (Å²) in [7, 11) is 1.78. The van der Waals surface area contributed by atoms with E-state index in [1.807, 2.05) is 0 Å². The first-order valence-corrected chi connectivity index (χ1v) is 6.79. The summed E-state index contributed by atoms with van der Waals surface area (Å²) in [5.74, 6) is 1.06. The van der Waals surface area contributed by atoms with Gasteiger partial charge in [-0.25, -0.2) is 0 Å². The number of para-hydroxylation sites is 1. The summed E-state index contributed by atoms with van der Waals surface area (Å²) in [5.41, 5.74) is 1.39. The van der Waals surface area contributed by atoms with Gasteiger partial charge < -0.3 is 4.74 Å². The molecule has 0 bridgehead atoms. The van der Waals surface area contributed by atoms with E-state index in [9.17, 15) is 0 Å². The molecule has 2 saturated heterocycles. The highest BCUT2D eigenvalue weighted by Crippen LogP contribution is 2.42. The van der Waals surface area contributed by atoms with Crippen LogP contribution in [0.4, 0.5) is 0 Å². The fourth-order valence-corrected chi connectivity index (χ4v) is 3.54. The maximum atomic E-state index is 5.51. The Hall–Kier alpha value is -1.02. The lowest BCUT2D eigenvalue weighted by Crippen LogP contribution is -2.35. The summed E-state index contributed by atoms with van der Waals surface area (Å²) in [6, 6.07) is 9.95. The third-order valence-corrected chi connectivity index (χ3v) is 4.34. The first-order chi connectivity index (χ1) is 8.40. The molecule has 0 radical (unpaired) electrons. The third-order valence-electron chi connectivity index (χ3n) is 4.34. The molecular weight excluding hydrogens is 210 g/mol. The number of fused-ring (bicyclic) bond motifs is 1. The topological polar surface area (TPSA) is 12.5 Å². The quantitative estimate of drug-likeness (QED) is 0.773. The van der Waals surface area contributed by atoms with Crippen molar-refractivity contribution in [3.8, 4) is 5.75 Å². The van der Waals surface area contributed by atoms with E-state index < -0.39 is 0 Å². The maximum absolute atomic E-state index is 5.51. The van der Waals surface area contributed by atoms with Crippen LogP contribution in [0.1, 0.15) is 43.7 Å². The SMILES string of the molecule is COc1ccccc1[C@H]1CC[C@H]2CCCCN21. The number of hydrogen-bond donors (Lipinski definition) is 0. The van der Waals surface area contributed by atoms with E-state index >= 15 is 0 Å². The molecule has 1 aromatic rings. The van der Waals surface area contributed by atoms with E-state index in [0.29, 0.717) is 6.04 Å². The van der Waals surface area contributed by atoms with Gasteiger partial charge in [0.2, 0.25) is 0 Å². The van der Waals surface area contributed by atoms with Crippen molar-refractivity contribution in [1.29, 1.82) is 0 Å². The van der Waals surface area contributed by atoms with Gasteiger partial charge in [0.05, 0.1) is 7.11 Å². The van der Waals surface area contributed by atoms with E-state index in [4.69, 9.17) is 4.74 Å². The van der Waals surface area contributed by atoms with Crippen LogP contribution >= 0.6 is 0 Å². The molecule has 2 aliphatic heterocycles. The first-order valence-electron chi connectivity index (χ1n) is 6.79. The van der Waals surface area contributed by atoms with Crippen LogP contribution in [0.15, 0.2) is 24.3 Å². The molecule has 2 nitrogen and oxygen atoms in total. The Labute approximate surface area is 104 Å². The average Bonchev–Trinajstić information content (AvgIpc) is 2.82. The lowest BCUT2D eigenvalue weighted by Gasteiger charge is -2.34. The number of nitrogens with zero attached hydrogens (tertiary/aromatic N) is 1. The highest BCUT2D eigenvalue weighted by Gasteiger charge is 2.36. The van der Waals surface area contributed by atoms with Crippen LogP contribution in [-0.2, 0) is 0 Å². The Balaban J connectivity index is 1.88. The number of rotatable bonds is 2. The normalized spacial score (nSPS) is 29.0. The van der Waals surface area contributed by atoms with Gasteiger partial charge in [-0.05, 0) is 38.3 Å². The highest BCUT2D eigenvalue weighted by molar-refractivity contribution is 5.36. The maximum Gasteiger partial charge on any atom is 0.123 e. The average molecular weight is 231 g/mol. The predicted molar refractivity (Wildman–Crippen MR) is 69.3 cm³/mol. The molecule has 3 rings (SSSR count). The molecule has 2 atom stereocenters. The van der Waals surface area contributed by atoms with Crippen LogP contribution in [0, 0.1) is 0 Å². The van der Waals surface area contributed by atoms with Gasteiger partial charge in [0, 0.05) is 17.6 Å². The van der Waals surface area contributed by atoms with Crippen molar-refractivity contribution >= 4 is 0 Å². The smallest absolute Gasteiger partial charge is 0.123 e. The van der Waals surface area contributed by atoms with Crippen molar-refractivity contribution < 1.29 is 4.74 Å². The van der Waals surface area contributed by atoms with Gasteiger partial charge in [0.25, 0.3) is 0 Å². The van der Waals surface area contributed by atoms with E-state index in [-0.39, 0.29) is 0 Å². The fraction of sp³-hybridized carbons (Fsp3) is 0.600. The zero-order chi connectivity index (χ0) is 11.7. The fourth-order valence-electron chi connectivity index (χ4n) is 3.54. The molecule has 0 N–H and O–H groups in total. The number of benzene rings is 1. The van der Waals surface area contributed by atoms with Crippen molar-refractivity contribution in [2.75, 3.05) is 13.7 Å². The van der Waals surface area contributed by atoms with Gasteiger partial charge >= 0.3 is 0 Å². The minimum Gasteiger partial charge on any atom is -0.496 e. The molecule has 2 heterocycles. The summed E-state index contributed by atoms with van der Waals surface area (Å²) >= 11 is 0. The number of methoxy groups -OCH3 is 1. The monoisotopic (exact) mass is 231 g/mol. The van der Waals surface area contributed by atoms with Crippen LogP contribution in [0.3, 0.4) is 0 Å². The number of piperidine rings is 1. The molecule has 2 heteroatoms. The zero-order valence-corrected chi connectivity index (χ0v) is 10.6. The molecule has 92 valence electrons. The molecule has 0 amide bonds. The van der Waals surface area contributed by atoms with Crippen LogP contribution in [0.2, 0.25) is 0 Å². The predicted octanol–water partition coefficient (Wildman–Crippen LogP) is 3.38. The zero-order valence-electron chi connectivity index (χ0n) is 10.6. The van der Waals surface area contributed by atoms with E-state index in [2.05, 4.69) is 29.2 Å². The molecule has 0 aliphatic carbocycles. The second-order valence-electron chi connectivity index (χ2n) is 5.22. The van der Waals surface area contributed by atoms with Crippen LogP contribution in [0.25, 0.3) is 0 Å². The summed E-state index contributed by atoms with van der Waals surface area (Å²) in [5, 5.41) is 0. The second kappa shape index (κ2) is 4.69. The van der Waals surface area contributed by atoms with Crippen molar-refractivity contribution in [2.24, 2.45) is 0 Å². The Morgan fingerprint density at radius 1 is 1.12 bits per heavy atom. The lowest BCUT2D eigenvalue weighted by molar-refractivity contribution is 0.148. The van der Waals surface area contributed by atoms with Gasteiger partial charge in [0.1, 0.15) is 5.75 Å². The standard InChI is InChI=1S/C15H21NO/c1-17-15-8-3-2-7-13(15)14-10-9-12-6-4-5-11-16(12)14/h2-3,7-8,12,14H,4-6,9-11H2,1H3/t12-,14-/m1/s1. The van der Waals surface area contributed by atoms with Crippen LogP contribution < -0.4 is 4.74 Å². The van der Waals surface area contributed by atoms with E-state index in [0.717, 1.165) is 11.8 Å². The minimum atomic E-state index is 0.594. The van der Waals surface area contributed by atoms with Gasteiger partial charge in [-0.1, -0.05) is 24.6 Å². The molecular formula is C15H21NO. The Kier molecular flexibility index (Phi) is 3.06. The Morgan fingerprint density at radius 2 is 2.00 bits per heavy atom. The summed E-state index contributed by atoms with van der Waals surface area (Å²) in [6.45, 7) is 1.27. The Morgan fingerprint density at radius 3 is 2.88 bits per heavy atom. The molecule has 1 aromatic carbocycles. The van der Waals surface area contributed by atoms with Gasteiger partial charge in [-0.3, -0.25) is 4.90 Å². The first kappa shape index (κ1) is 11.1. The number of ether oxygens (including phenoxy) is 1. The summed E-state index contributed by atoms with van der Waals surface area (Å²) in [6.07, 6.45) is 6.83. The van der Waals surface area contributed by atoms with Crippen molar-refractivity contribution in [3.05, 3.63) is 29.8 Å². The van der Waals surface area contributed by atoms with Crippen molar-refractivity contribution in [3.63, 3.8) is 0 Å². The summed E-state index contributed by atoms with van der Waals surface area (Å²) in [4.78, 5) is 2.71. The molecule has 0 unspecified atom stereocenters. The minimum absolute atomic E-state index is 0.594. The molecule has 2 aliphatic rings. The summed E-state index contributed by atoms with van der Waals surface area (Å²) < 4.78 is 5.51. The van der Waals surface area contributed by atoms with Crippen molar-refractivity contribution in [1.82, 2.24) is 4.90 Å². The lowest BCUT2D eigenvalue weighted by atomic mass is 10.0. The van der Waals surface area contributed by atoms with Gasteiger partial charge in [-0.15, -0.1) is 0 Å². The van der Waals surface area contributed by atoms with E-state index in [1.165, 1.54) is 44.2 Å². The highest BCUT2D eigenvalue weighted by atomic mass is 16.5.